The second-order valence-corrected chi connectivity index (χ2v) is 9.81. The van der Waals surface area contributed by atoms with Gasteiger partial charge in [0.1, 0.15) is 5.54 Å². The molecule has 0 saturated carbocycles. The highest BCUT2D eigenvalue weighted by molar-refractivity contribution is 6.28. The summed E-state index contributed by atoms with van der Waals surface area (Å²) in [7, 11) is 0. The maximum atomic E-state index is 12.9. The Morgan fingerprint density at radius 3 is 2.29 bits per heavy atom. The molecular formula is C21H24ClF3N8O. The summed E-state index contributed by atoms with van der Waals surface area (Å²) in [5, 5.41) is 20.9. The van der Waals surface area contributed by atoms with Crippen LogP contribution in [0.15, 0.2) is 24.3 Å². The molecule has 1 fully saturated rings. The highest BCUT2D eigenvalue weighted by Gasteiger charge is 2.48. The van der Waals surface area contributed by atoms with E-state index in [1.54, 1.807) is 0 Å². The van der Waals surface area contributed by atoms with E-state index in [4.69, 9.17) is 11.6 Å². The van der Waals surface area contributed by atoms with Gasteiger partial charge in [0.2, 0.25) is 17.2 Å². The van der Waals surface area contributed by atoms with E-state index in [-0.39, 0.29) is 33.9 Å². The molecule has 1 aliphatic rings. The Labute approximate surface area is 199 Å². The molecule has 1 aliphatic heterocycles. The van der Waals surface area contributed by atoms with Crippen molar-refractivity contribution in [1.82, 2.24) is 20.3 Å². The van der Waals surface area contributed by atoms with E-state index >= 15 is 0 Å². The van der Waals surface area contributed by atoms with Crippen molar-refractivity contribution in [3.63, 3.8) is 0 Å². The quantitative estimate of drug-likeness (QED) is 0.478. The summed E-state index contributed by atoms with van der Waals surface area (Å²) in [6, 6.07) is 5.60. The minimum Gasteiger partial charge on any atom is -0.336 e. The molecule has 2 heterocycles. The highest BCUT2D eigenvalue weighted by Crippen LogP contribution is 2.37. The summed E-state index contributed by atoms with van der Waals surface area (Å²) in [5.74, 6) is -0.267. The number of nitrogens with zero attached hydrogens (tertiary/aromatic N) is 4. The first-order chi connectivity index (χ1) is 15.6. The van der Waals surface area contributed by atoms with Crippen LogP contribution >= 0.6 is 11.6 Å². The lowest BCUT2D eigenvalue weighted by Crippen LogP contribution is -2.65. The molecule has 13 heteroatoms. The molecule has 2 amide bonds. The van der Waals surface area contributed by atoms with Crippen LogP contribution in [-0.4, -0.2) is 37.6 Å². The topological polar surface area (TPSA) is 128 Å². The number of carbonyl (C=O) groups excluding carboxylic acids is 1. The van der Waals surface area contributed by atoms with E-state index in [1.807, 2.05) is 27.7 Å². The predicted octanol–water partition coefficient (Wildman–Crippen LogP) is 4.80. The van der Waals surface area contributed by atoms with Gasteiger partial charge in [0.05, 0.1) is 11.6 Å². The molecule has 2 aromatic rings. The Morgan fingerprint density at radius 2 is 1.71 bits per heavy atom. The van der Waals surface area contributed by atoms with Gasteiger partial charge in [0.15, 0.2) is 0 Å². The lowest BCUT2D eigenvalue weighted by atomic mass is 9.71. The van der Waals surface area contributed by atoms with Crippen molar-refractivity contribution in [1.29, 1.82) is 5.26 Å². The molecule has 0 unspecified atom stereocenters. The van der Waals surface area contributed by atoms with Crippen molar-refractivity contribution in [3.05, 3.63) is 35.1 Å². The SMILES string of the molecule is CC1(C)CC(C#N)(Nc2nc(Cl)nc(NC(=O)Nc3cccc(C(F)(F)F)c3)n2)CC(C)(C)N1. The number of carbonyl (C=O) groups is 1. The van der Waals surface area contributed by atoms with Gasteiger partial charge in [-0.05, 0) is 57.5 Å². The number of urea groups is 1. The smallest absolute Gasteiger partial charge is 0.336 e. The molecule has 1 saturated heterocycles. The third-order valence-electron chi connectivity index (χ3n) is 5.01. The third-order valence-corrected chi connectivity index (χ3v) is 5.18. The van der Waals surface area contributed by atoms with E-state index in [1.165, 1.54) is 12.1 Å². The number of amides is 2. The number of nitriles is 1. The largest absolute Gasteiger partial charge is 0.416 e. The number of hydrogen-bond donors (Lipinski definition) is 4. The maximum absolute atomic E-state index is 12.9. The second kappa shape index (κ2) is 8.88. The zero-order chi connectivity index (χ0) is 25.4. The normalized spacial score (nSPS) is 18.4. The first-order valence-corrected chi connectivity index (χ1v) is 10.6. The van der Waals surface area contributed by atoms with Crippen molar-refractivity contribution in [2.24, 2.45) is 0 Å². The average molecular weight is 497 g/mol. The zero-order valence-electron chi connectivity index (χ0n) is 18.9. The van der Waals surface area contributed by atoms with Crippen LogP contribution in [0.4, 0.5) is 35.5 Å². The summed E-state index contributed by atoms with van der Waals surface area (Å²) in [5.41, 5.74) is -2.75. The van der Waals surface area contributed by atoms with E-state index in [0.29, 0.717) is 12.8 Å². The van der Waals surface area contributed by atoms with Gasteiger partial charge in [-0.2, -0.15) is 33.4 Å². The van der Waals surface area contributed by atoms with Crippen molar-refractivity contribution < 1.29 is 18.0 Å². The summed E-state index contributed by atoms with van der Waals surface area (Å²) in [6.07, 6.45) is -3.69. The molecule has 1 aromatic carbocycles. The van der Waals surface area contributed by atoms with Gasteiger partial charge >= 0.3 is 12.2 Å². The third kappa shape index (κ3) is 6.45. The molecule has 0 bridgehead atoms. The van der Waals surface area contributed by atoms with Crippen molar-refractivity contribution >= 4 is 35.2 Å². The minimum absolute atomic E-state index is 0.0237. The Morgan fingerprint density at radius 1 is 1.09 bits per heavy atom. The average Bonchev–Trinajstić information content (AvgIpc) is 2.64. The van der Waals surface area contributed by atoms with Crippen LogP contribution in [0.2, 0.25) is 5.28 Å². The molecule has 0 aliphatic carbocycles. The Kier molecular flexibility index (Phi) is 6.65. The standard InChI is InChI=1S/C21H24ClF3N8O/c1-18(2)9-20(11-26,10-19(3,4)33-18)32-16-29-14(22)28-15(30-16)31-17(34)27-13-7-5-6-12(8-13)21(23,24)25/h5-8,33H,9-10H2,1-4H3,(H3,27,28,29,30,31,32,34). The number of hydrogen-bond acceptors (Lipinski definition) is 7. The molecule has 0 spiro atoms. The molecule has 4 N–H and O–H groups in total. The van der Waals surface area contributed by atoms with E-state index in [0.717, 1.165) is 12.1 Å². The van der Waals surface area contributed by atoms with Crippen LogP contribution in [0.1, 0.15) is 46.1 Å². The summed E-state index contributed by atoms with van der Waals surface area (Å²) in [6.45, 7) is 7.92. The fraction of sp³-hybridized carbons (Fsp3) is 0.476. The van der Waals surface area contributed by atoms with Crippen LogP contribution in [0.3, 0.4) is 0 Å². The fourth-order valence-corrected chi connectivity index (χ4v) is 4.64. The predicted molar refractivity (Wildman–Crippen MR) is 121 cm³/mol. The van der Waals surface area contributed by atoms with Gasteiger partial charge in [0.25, 0.3) is 0 Å². The number of alkyl halides is 3. The second-order valence-electron chi connectivity index (χ2n) is 9.47. The molecule has 182 valence electrons. The van der Waals surface area contributed by atoms with Crippen molar-refractivity contribution in [2.75, 3.05) is 16.0 Å². The molecule has 0 atom stereocenters. The number of nitrogens with one attached hydrogen (secondary N) is 4. The molecule has 1 aromatic heterocycles. The maximum Gasteiger partial charge on any atom is 0.416 e. The van der Waals surface area contributed by atoms with Gasteiger partial charge in [-0.3, -0.25) is 5.32 Å². The van der Waals surface area contributed by atoms with Gasteiger partial charge in [0, 0.05) is 29.6 Å². The first-order valence-electron chi connectivity index (χ1n) is 10.3. The minimum atomic E-state index is -4.55. The highest BCUT2D eigenvalue weighted by atomic mass is 35.5. The van der Waals surface area contributed by atoms with E-state index in [2.05, 4.69) is 42.3 Å². The number of rotatable bonds is 4. The van der Waals surface area contributed by atoms with Crippen LogP contribution in [0.25, 0.3) is 0 Å². The van der Waals surface area contributed by atoms with Gasteiger partial charge in [-0.1, -0.05) is 6.07 Å². The van der Waals surface area contributed by atoms with E-state index in [9.17, 15) is 23.2 Å². The zero-order valence-corrected chi connectivity index (χ0v) is 19.7. The van der Waals surface area contributed by atoms with Crippen LogP contribution in [0, 0.1) is 11.3 Å². The summed E-state index contributed by atoms with van der Waals surface area (Å²) >= 11 is 5.99. The lowest BCUT2D eigenvalue weighted by Gasteiger charge is -2.50. The summed E-state index contributed by atoms with van der Waals surface area (Å²) in [4.78, 5) is 24.3. The van der Waals surface area contributed by atoms with Crippen molar-refractivity contribution in [3.8, 4) is 6.07 Å². The summed E-state index contributed by atoms with van der Waals surface area (Å²) < 4.78 is 38.7. The molecule has 3 rings (SSSR count). The van der Waals surface area contributed by atoms with Gasteiger partial charge in [-0.25, -0.2) is 4.79 Å². The number of halogens is 4. The number of aromatic nitrogens is 3. The Bertz CT molecular complexity index is 1110. The number of piperidine rings is 1. The number of benzene rings is 1. The molecule has 0 radical (unpaired) electrons. The lowest BCUT2D eigenvalue weighted by molar-refractivity contribution is -0.137. The van der Waals surface area contributed by atoms with Crippen molar-refractivity contribution in [2.45, 2.75) is 63.3 Å². The van der Waals surface area contributed by atoms with Gasteiger partial charge < -0.3 is 16.0 Å². The van der Waals surface area contributed by atoms with Crippen LogP contribution < -0.4 is 21.3 Å². The fourth-order valence-electron chi connectivity index (χ4n) is 4.48. The first kappa shape index (κ1) is 25.5. The number of anilines is 3. The molecular weight excluding hydrogens is 473 g/mol. The van der Waals surface area contributed by atoms with Crippen LogP contribution in [-0.2, 0) is 6.18 Å². The Hall–Kier alpha value is -3.17. The molecule has 9 nitrogen and oxygen atoms in total. The Balaban J connectivity index is 1.78. The monoisotopic (exact) mass is 496 g/mol. The van der Waals surface area contributed by atoms with Gasteiger partial charge in [-0.15, -0.1) is 0 Å². The molecule has 34 heavy (non-hydrogen) atoms. The van der Waals surface area contributed by atoms with Crippen LogP contribution in [0.5, 0.6) is 0 Å². The van der Waals surface area contributed by atoms with E-state index < -0.39 is 23.3 Å².